The molecule has 8 nitrogen and oxygen atoms in total. The van der Waals surface area contributed by atoms with Crippen LogP contribution in [-0.4, -0.2) is 50.9 Å². The Morgan fingerprint density at radius 1 is 0.949 bits per heavy atom. The van der Waals surface area contributed by atoms with Crippen molar-refractivity contribution in [3.8, 4) is 5.75 Å². The second kappa shape index (κ2) is 13.2. The predicted molar refractivity (Wildman–Crippen MR) is 154 cm³/mol. The molecule has 0 radical (unpaired) electrons. The highest BCUT2D eigenvalue weighted by atomic mass is 35.5. The molecular weight excluding hydrogens is 561 g/mol. The highest BCUT2D eigenvalue weighted by Gasteiger charge is 2.33. The van der Waals surface area contributed by atoms with Gasteiger partial charge in [0.25, 0.3) is 10.0 Å². The van der Waals surface area contributed by atoms with Crippen LogP contribution in [0.1, 0.15) is 26.3 Å². The summed E-state index contributed by atoms with van der Waals surface area (Å²) in [6, 6.07) is 18.0. The number of carbonyl (C=O) groups excluding carboxylic acids is 2. The molecule has 1 unspecified atom stereocenters. The van der Waals surface area contributed by atoms with Gasteiger partial charge in [0, 0.05) is 22.6 Å². The molecule has 2 amide bonds. The van der Waals surface area contributed by atoms with Gasteiger partial charge in [0.1, 0.15) is 18.3 Å². The van der Waals surface area contributed by atoms with E-state index in [1.807, 2.05) is 13.8 Å². The molecule has 0 fully saturated rings. The molecule has 39 heavy (non-hydrogen) atoms. The molecule has 11 heteroatoms. The van der Waals surface area contributed by atoms with E-state index >= 15 is 0 Å². The van der Waals surface area contributed by atoms with E-state index in [1.54, 1.807) is 55.5 Å². The van der Waals surface area contributed by atoms with Crippen LogP contribution in [-0.2, 0) is 26.2 Å². The third-order valence-electron chi connectivity index (χ3n) is 5.92. The predicted octanol–water partition coefficient (Wildman–Crippen LogP) is 5.14. The average Bonchev–Trinajstić information content (AvgIpc) is 2.90. The largest absolute Gasteiger partial charge is 0.497 e. The van der Waals surface area contributed by atoms with Crippen molar-refractivity contribution in [1.82, 2.24) is 10.2 Å². The van der Waals surface area contributed by atoms with Crippen molar-refractivity contribution in [3.63, 3.8) is 0 Å². The van der Waals surface area contributed by atoms with Crippen LogP contribution in [0.25, 0.3) is 0 Å². The summed E-state index contributed by atoms with van der Waals surface area (Å²) in [6.07, 6.45) is 0. The number of nitrogens with one attached hydrogen (secondary N) is 1. The van der Waals surface area contributed by atoms with Crippen molar-refractivity contribution in [1.29, 1.82) is 0 Å². The lowest BCUT2D eigenvalue weighted by Crippen LogP contribution is -2.52. The van der Waals surface area contributed by atoms with Gasteiger partial charge in [-0.3, -0.25) is 13.9 Å². The first kappa shape index (κ1) is 30.3. The number of ether oxygens (including phenoxy) is 1. The number of hydrogen-bond acceptors (Lipinski definition) is 5. The first-order valence-electron chi connectivity index (χ1n) is 12.2. The summed E-state index contributed by atoms with van der Waals surface area (Å²) in [4.78, 5) is 28.1. The molecule has 3 aromatic carbocycles. The zero-order chi connectivity index (χ0) is 28.7. The van der Waals surface area contributed by atoms with Gasteiger partial charge in [-0.1, -0.05) is 47.5 Å². The monoisotopic (exact) mass is 591 g/mol. The minimum Gasteiger partial charge on any atom is -0.497 e. The number of para-hydroxylation sites is 1. The van der Waals surface area contributed by atoms with E-state index in [1.165, 1.54) is 36.3 Å². The standard InChI is InChI=1S/C28H31Cl2N3O5S/c1-19(2)31-28(35)20(3)32(17-21-10-11-22(29)16-26(21)30)27(34)18-33(23-8-6-5-7-9-23)39(36,37)25-14-12-24(38-4)13-15-25/h5-16,19-20H,17-18H2,1-4H3,(H,31,35). The summed E-state index contributed by atoms with van der Waals surface area (Å²) < 4.78 is 33.8. The Morgan fingerprint density at radius 3 is 2.15 bits per heavy atom. The third kappa shape index (κ3) is 7.65. The maximum atomic E-state index is 13.9. The molecule has 1 atom stereocenters. The lowest BCUT2D eigenvalue weighted by molar-refractivity contribution is -0.139. The zero-order valence-electron chi connectivity index (χ0n) is 22.1. The number of sulfonamides is 1. The van der Waals surface area contributed by atoms with Crippen molar-refractivity contribution < 1.29 is 22.7 Å². The lowest BCUT2D eigenvalue weighted by atomic mass is 10.1. The molecule has 0 aliphatic rings. The molecule has 0 saturated carbocycles. The quantitative estimate of drug-likeness (QED) is 0.333. The number of benzene rings is 3. The van der Waals surface area contributed by atoms with Crippen molar-refractivity contribution in [2.75, 3.05) is 18.0 Å². The average molecular weight is 593 g/mol. The summed E-state index contributed by atoms with van der Waals surface area (Å²) in [5.74, 6) is -0.478. The molecule has 0 bridgehead atoms. The summed E-state index contributed by atoms with van der Waals surface area (Å²) in [7, 11) is -2.69. The van der Waals surface area contributed by atoms with Crippen LogP contribution >= 0.6 is 23.2 Å². The lowest BCUT2D eigenvalue weighted by Gasteiger charge is -2.32. The van der Waals surface area contributed by atoms with E-state index in [4.69, 9.17) is 27.9 Å². The summed E-state index contributed by atoms with van der Waals surface area (Å²) in [5, 5.41) is 3.55. The van der Waals surface area contributed by atoms with E-state index in [0.29, 0.717) is 27.0 Å². The highest BCUT2D eigenvalue weighted by molar-refractivity contribution is 7.92. The van der Waals surface area contributed by atoms with Gasteiger partial charge >= 0.3 is 0 Å². The van der Waals surface area contributed by atoms with Gasteiger partial charge < -0.3 is 15.0 Å². The van der Waals surface area contributed by atoms with Gasteiger partial charge in [0.05, 0.1) is 17.7 Å². The van der Waals surface area contributed by atoms with E-state index < -0.39 is 28.5 Å². The number of hydrogen-bond donors (Lipinski definition) is 1. The number of carbonyl (C=O) groups is 2. The fourth-order valence-electron chi connectivity index (χ4n) is 3.82. The molecule has 0 aromatic heterocycles. The Balaban J connectivity index is 2.02. The number of amides is 2. The SMILES string of the molecule is COc1ccc(S(=O)(=O)N(CC(=O)N(Cc2ccc(Cl)cc2Cl)C(C)C(=O)NC(C)C)c2ccccc2)cc1. The second-order valence-electron chi connectivity index (χ2n) is 9.12. The molecule has 0 heterocycles. The van der Waals surface area contributed by atoms with Crippen molar-refractivity contribution in [2.24, 2.45) is 0 Å². The fraction of sp³-hybridized carbons (Fsp3) is 0.286. The number of nitrogens with zero attached hydrogens (tertiary/aromatic N) is 2. The van der Waals surface area contributed by atoms with Gasteiger partial charge in [0.2, 0.25) is 11.8 Å². The Labute approximate surface area is 239 Å². The van der Waals surface area contributed by atoms with Gasteiger partial charge in [-0.25, -0.2) is 8.42 Å². The third-order valence-corrected chi connectivity index (χ3v) is 8.30. The molecule has 0 aliphatic heterocycles. The fourth-order valence-corrected chi connectivity index (χ4v) is 5.70. The topological polar surface area (TPSA) is 96.0 Å². The van der Waals surface area contributed by atoms with Crippen LogP contribution in [0.15, 0.2) is 77.7 Å². The number of rotatable bonds is 11. The minimum absolute atomic E-state index is 0.0159. The molecule has 0 spiro atoms. The van der Waals surface area contributed by atoms with Gasteiger partial charge in [-0.2, -0.15) is 0 Å². The molecule has 0 aliphatic carbocycles. The van der Waals surface area contributed by atoms with Crippen molar-refractivity contribution in [3.05, 3.63) is 88.4 Å². The van der Waals surface area contributed by atoms with Crippen LogP contribution in [0.4, 0.5) is 5.69 Å². The number of methoxy groups -OCH3 is 1. The van der Waals surface area contributed by atoms with Crippen LogP contribution in [0, 0.1) is 0 Å². The smallest absolute Gasteiger partial charge is 0.264 e. The van der Waals surface area contributed by atoms with Crippen molar-refractivity contribution in [2.45, 2.75) is 44.3 Å². The van der Waals surface area contributed by atoms with Gasteiger partial charge in [-0.05, 0) is 74.9 Å². The first-order chi connectivity index (χ1) is 18.4. The Hall–Kier alpha value is -3.27. The maximum Gasteiger partial charge on any atom is 0.264 e. The minimum atomic E-state index is -4.17. The molecule has 208 valence electrons. The van der Waals surface area contributed by atoms with Gasteiger partial charge in [-0.15, -0.1) is 0 Å². The highest BCUT2D eigenvalue weighted by Crippen LogP contribution is 2.27. The second-order valence-corrected chi connectivity index (χ2v) is 11.8. The van der Waals surface area contributed by atoms with E-state index in [0.717, 1.165) is 4.31 Å². The normalized spacial score (nSPS) is 12.1. The van der Waals surface area contributed by atoms with Crippen LogP contribution < -0.4 is 14.4 Å². The van der Waals surface area contributed by atoms with Crippen molar-refractivity contribution >= 4 is 50.7 Å². The first-order valence-corrected chi connectivity index (χ1v) is 14.4. The molecule has 3 rings (SSSR count). The van der Waals surface area contributed by atoms with E-state index in [-0.39, 0.29) is 23.4 Å². The van der Waals surface area contributed by atoms with Gasteiger partial charge in [0.15, 0.2) is 0 Å². The zero-order valence-corrected chi connectivity index (χ0v) is 24.4. The maximum absolute atomic E-state index is 13.9. The molecular formula is C28H31Cl2N3O5S. The molecule has 3 aromatic rings. The molecule has 1 N–H and O–H groups in total. The van der Waals surface area contributed by atoms with Crippen LogP contribution in [0.5, 0.6) is 5.75 Å². The summed E-state index contributed by atoms with van der Waals surface area (Å²) in [5.41, 5.74) is 0.855. The summed E-state index contributed by atoms with van der Waals surface area (Å²) in [6.45, 7) is 4.62. The number of anilines is 1. The molecule has 0 saturated heterocycles. The van der Waals surface area contributed by atoms with E-state index in [2.05, 4.69) is 5.32 Å². The Morgan fingerprint density at radius 2 is 1.59 bits per heavy atom. The van der Waals surface area contributed by atoms with Crippen LogP contribution in [0.3, 0.4) is 0 Å². The Bertz CT molecular complexity index is 1400. The Kier molecular flexibility index (Phi) is 10.2. The summed E-state index contributed by atoms with van der Waals surface area (Å²) >= 11 is 12.4. The van der Waals surface area contributed by atoms with E-state index in [9.17, 15) is 18.0 Å². The number of halogens is 2. The van der Waals surface area contributed by atoms with Crippen LogP contribution in [0.2, 0.25) is 10.0 Å².